The summed E-state index contributed by atoms with van der Waals surface area (Å²) in [5.41, 5.74) is 1.78. The monoisotopic (exact) mass is 313 g/mol. The van der Waals surface area contributed by atoms with Gasteiger partial charge in [-0.05, 0) is 29.8 Å². The fraction of sp³-hybridized carbons (Fsp3) is 0.0625. The number of carbonyl (C=O) groups excluding carboxylic acids is 1. The first-order chi connectivity index (χ1) is 11.0. The fourth-order valence-corrected chi connectivity index (χ4v) is 2.15. The molecule has 23 heavy (non-hydrogen) atoms. The maximum Gasteiger partial charge on any atom is 0.307 e. The maximum absolute atomic E-state index is 13.1. The number of hydrogen-bond acceptors (Lipinski definition) is 3. The lowest BCUT2D eigenvalue weighted by atomic mass is 10.1. The highest BCUT2D eigenvalue weighted by Gasteiger charge is 2.11. The number of carboxylic acid groups (broad SMARTS) is 1. The highest BCUT2D eigenvalue weighted by atomic mass is 19.1. The van der Waals surface area contributed by atoms with Crippen LogP contribution in [0.25, 0.3) is 5.65 Å². The summed E-state index contributed by atoms with van der Waals surface area (Å²) in [5.74, 6) is -1.77. The molecule has 0 aliphatic heterocycles. The summed E-state index contributed by atoms with van der Waals surface area (Å²) in [6.45, 7) is 0. The lowest BCUT2D eigenvalue weighted by Gasteiger charge is -2.04. The van der Waals surface area contributed by atoms with Crippen LogP contribution >= 0.6 is 0 Å². The molecule has 116 valence electrons. The van der Waals surface area contributed by atoms with E-state index in [0.29, 0.717) is 16.9 Å². The molecule has 0 spiro atoms. The topological polar surface area (TPSA) is 83.7 Å². The van der Waals surface area contributed by atoms with Gasteiger partial charge in [-0.15, -0.1) is 0 Å². The van der Waals surface area contributed by atoms with Crippen LogP contribution in [0.5, 0.6) is 0 Å². The van der Waals surface area contributed by atoms with Gasteiger partial charge in [0.25, 0.3) is 5.91 Å². The molecule has 3 rings (SSSR count). The van der Waals surface area contributed by atoms with Crippen LogP contribution in [0.15, 0.2) is 48.8 Å². The largest absolute Gasteiger partial charge is 0.481 e. The molecule has 0 unspecified atom stereocenters. The minimum absolute atomic E-state index is 0.0772. The van der Waals surface area contributed by atoms with Crippen molar-refractivity contribution in [2.75, 3.05) is 5.32 Å². The number of benzene rings is 1. The first-order valence-corrected chi connectivity index (χ1v) is 6.77. The van der Waals surface area contributed by atoms with E-state index in [1.54, 1.807) is 24.3 Å². The average Bonchev–Trinajstić information content (AvgIpc) is 2.92. The van der Waals surface area contributed by atoms with Gasteiger partial charge >= 0.3 is 5.97 Å². The smallest absolute Gasteiger partial charge is 0.307 e. The van der Waals surface area contributed by atoms with Crippen LogP contribution in [0.3, 0.4) is 0 Å². The van der Waals surface area contributed by atoms with Crippen molar-refractivity contribution in [1.29, 1.82) is 0 Å². The van der Waals surface area contributed by atoms with Gasteiger partial charge < -0.3 is 14.8 Å². The molecule has 2 aromatic heterocycles. The van der Waals surface area contributed by atoms with Gasteiger partial charge in [0.05, 0.1) is 6.42 Å². The van der Waals surface area contributed by atoms with E-state index < -0.39 is 17.7 Å². The van der Waals surface area contributed by atoms with Gasteiger partial charge in [-0.2, -0.15) is 0 Å². The third kappa shape index (κ3) is 3.34. The molecule has 0 atom stereocenters. The zero-order valence-electron chi connectivity index (χ0n) is 11.9. The molecule has 0 radical (unpaired) electrons. The Hall–Kier alpha value is -3.22. The lowest BCUT2D eigenvalue weighted by Crippen LogP contribution is -2.12. The number of amides is 1. The van der Waals surface area contributed by atoms with E-state index in [1.165, 1.54) is 28.9 Å². The summed E-state index contributed by atoms with van der Waals surface area (Å²) < 4.78 is 14.6. The van der Waals surface area contributed by atoms with Crippen LogP contribution in [0.2, 0.25) is 0 Å². The molecule has 0 aliphatic carbocycles. The van der Waals surface area contributed by atoms with Gasteiger partial charge in [-0.3, -0.25) is 9.59 Å². The van der Waals surface area contributed by atoms with E-state index in [-0.39, 0.29) is 12.1 Å². The molecule has 6 nitrogen and oxygen atoms in total. The second kappa shape index (κ2) is 5.88. The number of fused-ring (bicyclic) bond motifs is 1. The number of nitrogens with zero attached hydrogens (tertiary/aromatic N) is 2. The van der Waals surface area contributed by atoms with Crippen molar-refractivity contribution in [2.24, 2.45) is 0 Å². The molecular formula is C16H12FN3O3. The zero-order valence-corrected chi connectivity index (χ0v) is 11.9. The molecule has 2 N–H and O–H groups in total. The van der Waals surface area contributed by atoms with Crippen molar-refractivity contribution in [3.05, 3.63) is 65.9 Å². The van der Waals surface area contributed by atoms with E-state index in [4.69, 9.17) is 5.11 Å². The van der Waals surface area contributed by atoms with Crippen molar-refractivity contribution < 1.29 is 19.1 Å². The van der Waals surface area contributed by atoms with E-state index in [9.17, 15) is 14.0 Å². The molecule has 0 fully saturated rings. The highest BCUT2D eigenvalue weighted by molar-refractivity contribution is 6.03. The third-order valence-corrected chi connectivity index (χ3v) is 3.21. The number of aromatic nitrogens is 2. The van der Waals surface area contributed by atoms with Gasteiger partial charge in [0.2, 0.25) is 0 Å². The molecule has 7 heteroatoms. The van der Waals surface area contributed by atoms with Crippen LogP contribution in [-0.4, -0.2) is 26.4 Å². The van der Waals surface area contributed by atoms with E-state index in [0.717, 1.165) is 0 Å². The van der Waals surface area contributed by atoms with Gasteiger partial charge in [0, 0.05) is 18.1 Å². The predicted octanol–water partition coefficient (Wildman–Crippen LogP) is 2.35. The lowest BCUT2D eigenvalue weighted by molar-refractivity contribution is -0.136. The minimum Gasteiger partial charge on any atom is -0.481 e. The van der Waals surface area contributed by atoms with Gasteiger partial charge in [-0.1, -0.05) is 12.1 Å². The number of carbonyl (C=O) groups is 2. The van der Waals surface area contributed by atoms with Crippen LogP contribution in [0.4, 0.5) is 10.1 Å². The molecule has 3 aromatic rings. The third-order valence-electron chi connectivity index (χ3n) is 3.21. The number of aliphatic carboxylic acids is 1. The maximum atomic E-state index is 13.1. The number of hydrogen-bond donors (Lipinski definition) is 2. The van der Waals surface area contributed by atoms with Crippen LogP contribution in [0.1, 0.15) is 16.1 Å². The Kier molecular flexibility index (Phi) is 3.76. The van der Waals surface area contributed by atoms with Crippen LogP contribution < -0.4 is 5.32 Å². The van der Waals surface area contributed by atoms with Crippen molar-refractivity contribution in [3.8, 4) is 0 Å². The molecule has 2 heterocycles. The Labute approximate surface area is 130 Å². The SMILES string of the molecule is O=C(O)Cc1ccc(NC(=O)c2cn3cc(F)ccc3n2)cc1. The Bertz CT molecular complexity index is 887. The quantitative estimate of drug-likeness (QED) is 0.774. The Morgan fingerprint density at radius 3 is 2.57 bits per heavy atom. The molecule has 1 aromatic carbocycles. The number of pyridine rings is 1. The average molecular weight is 313 g/mol. The van der Waals surface area contributed by atoms with E-state index in [2.05, 4.69) is 10.3 Å². The Morgan fingerprint density at radius 2 is 1.87 bits per heavy atom. The first kappa shape index (κ1) is 14.7. The van der Waals surface area contributed by atoms with Crippen molar-refractivity contribution in [2.45, 2.75) is 6.42 Å². The van der Waals surface area contributed by atoms with Crippen molar-refractivity contribution >= 4 is 23.2 Å². The number of rotatable bonds is 4. The number of nitrogens with one attached hydrogen (secondary N) is 1. The molecule has 0 aliphatic rings. The fourth-order valence-electron chi connectivity index (χ4n) is 2.15. The second-order valence-electron chi connectivity index (χ2n) is 4.96. The summed E-state index contributed by atoms with van der Waals surface area (Å²) >= 11 is 0. The summed E-state index contributed by atoms with van der Waals surface area (Å²) in [5, 5.41) is 11.4. The zero-order chi connectivity index (χ0) is 16.4. The van der Waals surface area contributed by atoms with Crippen LogP contribution in [-0.2, 0) is 11.2 Å². The van der Waals surface area contributed by atoms with Crippen molar-refractivity contribution in [3.63, 3.8) is 0 Å². The van der Waals surface area contributed by atoms with Crippen LogP contribution in [0, 0.1) is 5.82 Å². The number of imidazole rings is 1. The summed E-state index contributed by atoms with van der Waals surface area (Å²) in [4.78, 5) is 26.9. The molecule has 0 saturated carbocycles. The molecule has 0 saturated heterocycles. The molecule has 1 amide bonds. The molecular weight excluding hydrogens is 301 g/mol. The summed E-state index contributed by atoms with van der Waals surface area (Å²) in [6.07, 6.45) is 2.60. The normalized spacial score (nSPS) is 10.7. The van der Waals surface area contributed by atoms with E-state index in [1.807, 2.05) is 0 Å². The standard InChI is InChI=1S/C16H12FN3O3/c17-11-3-6-14-19-13(9-20(14)8-11)16(23)18-12-4-1-10(2-5-12)7-15(21)22/h1-6,8-9H,7H2,(H,18,23)(H,21,22). The predicted molar refractivity (Wildman–Crippen MR) is 80.9 cm³/mol. The Morgan fingerprint density at radius 1 is 1.13 bits per heavy atom. The Balaban J connectivity index is 1.76. The number of halogens is 1. The number of anilines is 1. The molecule has 0 bridgehead atoms. The van der Waals surface area contributed by atoms with Gasteiger partial charge in [0.1, 0.15) is 17.2 Å². The number of carboxylic acids is 1. The van der Waals surface area contributed by atoms with Crippen molar-refractivity contribution in [1.82, 2.24) is 9.38 Å². The van der Waals surface area contributed by atoms with E-state index >= 15 is 0 Å². The van der Waals surface area contributed by atoms with Gasteiger partial charge in [-0.25, -0.2) is 9.37 Å². The summed E-state index contributed by atoms with van der Waals surface area (Å²) in [7, 11) is 0. The second-order valence-corrected chi connectivity index (χ2v) is 4.96. The highest BCUT2D eigenvalue weighted by Crippen LogP contribution is 2.13. The minimum atomic E-state index is -0.918. The summed E-state index contributed by atoms with van der Waals surface area (Å²) in [6, 6.07) is 9.24. The first-order valence-electron chi connectivity index (χ1n) is 6.77. The van der Waals surface area contributed by atoms with Gasteiger partial charge in [0.15, 0.2) is 0 Å².